The number of carbonyl (C=O) groups is 1. The molecule has 2 aromatic carbocycles. The third-order valence-corrected chi connectivity index (χ3v) is 5.07. The van der Waals surface area contributed by atoms with Crippen LogP contribution in [0, 0.1) is 6.92 Å². The maximum Gasteiger partial charge on any atom is 0.416 e. The standard InChI is InChI=1S/C21H21F3N4O2/c1-13-4-2-7-17-18(13)28(16-11-25-8-9-30-12-16)20(26-17)27-19(29)14-5-3-6-15(10-14)21(22,23)24/h2-7,10,16,25H,8-9,11-12H2,1H3,(H,26,27,29). The fraction of sp³-hybridized carbons (Fsp3) is 0.333. The molecule has 2 heterocycles. The van der Waals surface area contributed by atoms with Gasteiger partial charge in [-0.05, 0) is 36.8 Å². The highest BCUT2D eigenvalue weighted by Crippen LogP contribution is 2.31. The van der Waals surface area contributed by atoms with E-state index in [0.717, 1.165) is 23.2 Å². The van der Waals surface area contributed by atoms with E-state index >= 15 is 0 Å². The fourth-order valence-corrected chi connectivity index (χ4v) is 3.63. The van der Waals surface area contributed by atoms with E-state index in [4.69, 9.17) is 4.74 Å². The average molecular weight is 418 g/mol. The molecule has 0 saturated carbocycles. The molecule has 6 nitrogen and oxygen atoms in total. The smallest absolute Gasteiger partial charge is 0.378 e. The first kappa shape index (κ1) is 20.4. The predicted molar refractivity (Wildman–Crippen MR) is 107 cm³/mol. The van der Waals surface area contributed by atoms with E-state index in [2.05, 4.69) is 15.6 Å². The van der Waals surface area contributed by atoms with E-state index in [1.54, 1.807) is 0 Å². The van der Waals surface area contributed by atoms with Crippen LogP contribution in [0.2, 0.25) is 0 Å². The number of nitrogens with zero attached hydrogens (tertiary/aromatic N) is 2. The Morgan fingerprint density at radius 1 is 1.27 bits per heavy atom. The van der Waals surface area contributed by atoms with Gasteiger partial charge in [-0.15, -0.1) is 0 Å². The van der Waals surface area contributed by atoms with Gasteiger partial charge in [-0.2, -0.15) is 13.2 Å². The molecule has 2 N–H and O–H groups in total. The van der Waals surface area contributed by atoms with Crippen LogP contribution in [-0.4, -0.2) is 41.8 Å². The SMILES string of the molecule is Cc1cccc2nc(NC(=O)c3cccc(C(F)(F)F)c3)n(C3CNCCOC3)c12. The van der Waals surface area contributed by atoms with E-state index in [-0.39, 0.29) is 17.6 Å². The first-order chi connectivity index (χ1) is 14.3. The van der Waals surface area contributed by atoms with Crippen molar-refractivity contribution in [2.24, 2.45) is 0 Å². The molecule has 1 fully saturated rings. The van der Waals surface area contributed by atoms with Gasteiger partial charge in [0.15, 0.2) is 0 Å². The number of hydrogen-bond acceptors (Lipinski definition) is 4. The Morgan fingerprint density at radius 2 is 2.07 bits per heavy atom. The van der Waals surface area contributed by atoms with Gasteiger partial charge in [0.05, 0.1) is 35.9 Å². The number of aryl methyl sites for hydroxylation is 1. The maximum atomic E-state index is 13.0. The number of anilines is 1. The summed E-state index contributed by atoms with van der Waals surface area (Å²) >= 11 is 0. The lowest BCUT2D eigenvalue weighted by Crippen LogP contribution is -2.27. The number of carbonyl (C=O) groups excluding carboxylic acids is 1. The summed E-state index contributed by atoms with van der Waals surface area (Å²) in [7, 11) is 0. The van der Waals surface area contributed by atoms with Crippen molar-refractivity contribution in [3.63, 3.8) is 0 Å². The lowest BCUT2D eigenvalue weighted by atomic mass is 10.1. The van der Waals surface area contributed by atoms with Crippen molar-refractivity contribution < 1.29 is 22.7 Å². The van der Waals surface area contributed by atoms with Crippen LogP contribution in [0.15, 0.2) is 42.5 Å². The van der Waals surface area contributed by atoms with E-state index in [0.29, 0.717) is 31.8 Å². The van der Waals surface area contributed by atoms with Gasteiger partial charge < -0.3 is 14.6 Å². The number of rotatable bonds is 3. The first-order valence-corrected chi connectivity index (χ1v) is 9.59. The minimum atomic E-state index is -4.52. The second-order valence-corrected chi connectivity index (χ2v) is 7.21. The van der Waals surface area contributed by atoms with Gasteiger partial charge in [0.1, 0.15) is 0 Å². The number of para-hydroxylation sites is 1. The number of imidazole rings is 1. The molecule has 1 aromatic heterocycles. The zero-order chi connectivity index (χ0) is 21.3. The van der Waals surface area contributed by atoms with Crippen LogP contribution in [0.4, 0.5) is 19.1 Å². The van der Waals surface area contributed by atoms with Crippen molar-refractivity contribution in [2.45, 2.75) is 19.1 Å². The number of halogens is 3. The van der Waals surface area contributed by atoms with Gasteiger partial charge >= 0.3 is 6.18 Å². The second kappa shape index (κ2) is 8.08. The first-order valence-electron chi connectivity index (χ1n) is 9.59. The predicted octanol–water partition coefficient (Wildman–Crippen LogP) is 3.78. The zero-order valence-electron chi connectivity index (χ0n) is 16.3. The molecule has 0 bridgehead atoms. The van der Waals surface area contributed by atoms with Crippen LogP contribution in [0.25, 0.3) is 11.0 Å². The van der Waals surface area contributed by atoms with Crippen LogP contribution < -0.4 is 10.6 Å². The molecule has 1 unspecified atom stereocenters. The number of ether oxygens (including phenoxy) is 1. The molecule has 1 amide bonds. The minimum absolute atomic E-state index is 0.0876. The molecule has 1 saturated heterocycles. The Hall–Kier alpha value is -2.91. The number of aromatic nitrogens is 2. The Morgan fingerprint density at radius 3 is 2.87 bits per heavy atom. The lowest BCUT2D eigenvalue weighted by molar-refractivity contribution is -0.137. The molecule has 4 rings (SSSR count). The van der Waals surface area contributed by atoms with Crippen molar-refractivity contribution in [3.05, 3.63) is 59.2 Å². The zero-order valence-corrected chi connectivity index (χ0v) is 16.3. The maximum absolute atomic E-state index is 13.0. The van der Waals surface area contributed by atoms with Crippen LogP contribution in [0.5, 0.6) is 0 Å². The number of alkyl halides is 3. The summed E-state index contributed by atoms with van der Waals surface area (Å²) in [6.07, 6.45) is -4.52. The van der Waals surface area contributed by atoms with Crippen molar-refractivity contribution in [1.82, 2.24) is 14.9 Å². The summed E-state index contributed by atoms with van der Waals surface area (Å²) in [5.41, 5.74) is 1.56. The molecule has 9 heteroatoms. The third-order valence-electron chi connectivity index (χ3n) is 5.07. The molecule has 30 heavy (non-hydrogen) atoms. The largest absolute Gasteiger partial charge is 0.416 e. The highest BCUT2D eigenvalue weighted by molar-refractivity contribution is 6.04. The summed E-state index contributed by atoms with van der Waals surface area (Å²) in [4.78, 5) is 17.3. The van der Waals surface area contributed by atoms with E-state index in [9.17, 15) is 18.0 Å². The van der Waals surface area contributed by atoms with Gasteiger partial charge in [0.2, 0.25) is 5.95 Å². The number of nitrogens with one attached hydrogen (secondary N) is 2. The highest BCUT2D eigenvalue weighted by Gasteiger charge is 2.31. The number of fused-ring (bicyclic) bond motifs is 1. The molecule has 158 valence electrons. The van der Waals surface area contributed by atoms with Crippen LogP contribution in [0.1, 0.15) is 27.5 Å². The van der Waals surface area contributed by atoms with Crippen molar-refractivity contribution in [3.8, 4) is 0 Å². The average Bonchev–Trinajstić information content (AvgIpc) is 2.88. The fourth-order valence-electron chi connectivity index (χ4n) is 3.63. The molecule has 3 aromatic rings. The molecule has 0 radical (unpaired) electrons. The summed E-state index contributed by atoms with van der Waals surface area (Å²) < 4.78 is 46.6. The lowest BCUT2D eigenvalue weighted by Gasteiger charge is -2.20. The summed E-state index contributed by atoms with van der Waals surface area (Å²) in [6.45, 7) is 4.29. The monoisotopic (exact) mass is 418 g/mol. The molecule has 0 aliphatic carbocycles. The van der Waals surface area contributed by atoms with Crippen LogP contribution >= 0.6 is 0 Å². The summed E-state index contributed by atoms with van der Waals surface area (Å²) in [5.74, 6) is -0.378. The van der Waals surface area contributed by atoms with Gasteiger partial charge in [-0.3, -0.25) is 10.1 Å². The highest BCUT2D eigenvalue weighted by atomic mass is 19.4. The van der Waals surface area contributed by atoms with Gasteiger partial charge in [0, 0.05) is 18.7 Å². The van der Waals surface area contributed by atoms with Gasteiger partial charge in [-0.25, -0.2) is 4.98 Å². The number of amides is 1. The number of hydrogen-bond donors (Lipinski definition) is 2. The quantitative estimate of drug-likeness (QED) is 0.680. The second-order valence-electron chi connectivity index (χ2n) is 7.21. The molecular weight excluding hydrogens is 397 g/mol. The minimum Gasteiger partial charge on any atom is -0.378 e. The Balaban J connectivity index is 1.73. The number of benzene rings is 2. The molecule has 1 aliphatic heterocycles. The normalized spacial score (nSPS) is 17.7. The Bertz CT molecular complexity index is 1070. The van der Waals surface area contributed by atoms with Gasteiger partial charge in [0.25, 0.3) is 5.91 Å². The molecule has 0 spiro atoms. The van der Waals surface area contributed by atoms with Crippen molar-refractivity contribution in [2.75, 3.05) is 31.6 Å². The van der Waals surface area contributed by atoms with E-state index < -0.39 is 17.6 Å². The molecular formula is C21H21F3N4O2. The third kappa shape index (κ3) is 4.03. The van der Waals surface area contributed by atoms with Gasteiger partial charge in [-0.1, -0.05) is 18.2 Å². The topological polar surface area (TPSA) is 68.2 Å². The Labute approximate surface area is 171 Å². The Kier molecular flexibility index (Phi) is 5.48. The van der Waals surface area contributed by atoms with Crippen LogP contribution in [0.3, 0.4) is 0 Å². The van der Waals surface area contributed by atoms with E-state index in [1.807, 2.05) is 29.7 Å². The summed E-state index contributed by atoms with van der Waals surface area (Å²) in [6, 6.07) is 9.86. The van der Waals surface area contributed by atoms with Crippen molar-refractivity contribution in [1.29, 1.82) is 0 Å². The van der Waals surface area contributed by atoms with E-state index in [1.165, 1.54) is 12.1 Å². The molecule has 1 atom stereocenters. The molecule has 1 aliphatic rings. The van der Waals surface area contributed by atoms with Crippen LogP contribution in [-0.2, 0) is 10.9 Å². The summed E-state index contributed by atoms with van der Waals surface area (Å²) in [5, 5.41) is 6.00. The van der Waals surface area contributed by atoms with Crippen molar-refractivity contribution >= 4 is 22.9 Å².